The van der Waals surface area contributed by atoms with Crippen molar-refractivity contribution in [2.75, 3.05) is 13.1 Å². The van der Waals surface area contributed by atoms with E-state index in [1.54, 1.807) is 0 Å². The summed E-state index contributed by atoms with van der Waals surface area (Å²) >= 11 is 0. The zero-order valence-corrected chi connectivity index (χ0v) is 14.5. The largest absolute Gasteiger partial charge is 0.341 e. The molecule has 2 atom stereocenters. The molecule has 2 saturated heterocycles. The first-order valence-corrected chi connectivity index (χ1v) is 7.74. The van der Waals surface area contributed by atoms with Gasteiger partial charge in [-0.05, 0) is 31.4 Å². The van der Waals surface area contributed by atoms with E-state index in [2.05, 4.69) is 10.3 Å². The molecule has 0 aromatic carbocycles. The predicted molar refractivity (Wildman–Crippen MR) is 94.5 cm³/mol. The summed E-state index contributed by atoms with van der Waals surface area (Å²) in [7, 11) is 0. The summed E-state index contributed by atoms with van der Waals surface area (Å²) in [6, 6.07) is 7.00. The lowest BCUT2D eigenvalue weighted by Gasteiger charge is -2.24. The molecule has 1 amide bonds. The normalized spacial score (nSPS) is 23.0. The van der Waals surface area contributed by atoms with Gasteiger partial charge in [0.15, 0.2) is 0 Å². The second-order valence-corrected chi connectivity index (χ2v) is 6.14. The number of amides is 1. The van der Waals surface area contributed by atoms with E-state index in [0.29, 0.717) is 18.5 Å². The third kappa shape index (κ3) is 3.79. The van der Waals surface area contributed by atoms with Crippen LogP contribution in [0.2, 0.25) is 0 Å². The minimum absolute atomic E-state index is 0. The number of aromatic nitrogens is 2. The minimum Gasteiger partial charge on any atom is -0.341 e. The van der Waals surface area contributed by atoms with E-state index in [1.807, 2.05) is 39.9 Å². The number of carbonyl (C=O) groups excluding carboxylic acids is 1. The van der Waals surface area contributed by atoms with E-state index in [9.17, 15) is 4.79 Å². The highest BCUT2D eigenvalue weighted by molar-refractivity contribution is 5.85. The number of rotatable bonds is 2. The van der Waals surface area contributed by atoms with Gasteiger partial charge in [-0.2, -0.15) is 0 Å². The van der Waals surface area contributed by atoms with Gasteiger partial charge in [-0.15, -0.1) is 24.8 Å². The molecule has 0 aliphatic carbocycles. The van der Waals surface area contributed by atoms with Gasteiger partial charge in [0.2, 0.25) is 5.91 Å². The lowest BCUT2D eigenvalue weighted by Crippen LogP contribution is -2.39. The van der Waals surface area contributed by atoms with Gasteiger partial charge in [0.1, 0.15) is 5.65 Å². The van der Waals surface area contributed by atoms with Crippen molar-refractivity contribution < 1.29 is 4.79 Å². The Kier molecular flexibility index (Phi) is 5.89. The zero-order chi connectivity index (χ0) is 14.2. The molecule has 2 unspecified atom stereocenters. The number of likely N-dealkylation sites (tertiary alicyclic amines) is 1. The molecular weight excluding hydrogens is 335 g/mol. The monoisotopic (exact) mass is 356 g/mol. The molecule has 2 aromatic heterocycles. The molecular formula is C16H22Cl2N4O. The summed E-state index contributed by atoms with van der Waals surface area (Å²) in [5, 5.41) is 3.61. The second kappa shape index (κ2) is 7.51. The van der Waals surface area contributed by atoms with Gasteiger partial charge in [-0.25, -0.2) is 4.98 Å². The number of halogens is 2. The summed E-state index contributed by atoms with van der Waals surface area (Å²) in [5.74, 6) is 0.202. The standard InChI is InChI=1S/C16H20N4O.2ClH/c21-16(20-8-6-12-4-5-13(10-20)17-12)9-14-11-19-7-2-1-3-15(19)18-14;;/h1-3,7,11-13,17H,4-6,8-10H2;2*1H. The zero-order valence-electron chi connectivity index (χ0n) is 12.9. The number of hydrogen-bond acceptors (Lipinski definition) is 3. The molecule has 4 heterocycles. The Morgan fingerprint density at radius 1 is 1.22 bits per heavy atom. The van der Waals surface area contributed by atoms with Crippen LogP contribution in [-0.4, -0.2) is 45.4 Å². The van der Waals surface area contributed by atoms with Crippen molar-refractivity contribution in [3.05, 3.63) is 36.3 Å². The van der Waals surface area contributed by atoms with Gasteiger partial charge < -0.3 is 14.6 Å². The summed E-state index contributed by atoms with van der Waals surface area (Å²) in [4.78, 5) is 19.1. The number of fused-ring (bicyclic) bond motifs is 3. The highest BCUT2D eigenvalue weighted by atomic mass is 35.5. The molecule has 2 aliphatic rings. The molecule has 2 bridgehead atoms. The summed E-state index contributed by atoms with van der Waals surface area (Å²) in [5.41, 5.74) is 1.76. The average Bonchev–Trinajstić information content (AvgIpc) is 3.01. The van der Waals surface area contributed by atoms with Crippen LogP contribution in [0, 0.1) is 0 Å². The molecule has 5 nitrogen and oxygen atoms in total. The highest BCUT2D eigenvalue weighted by Gasteiger charge is 2.31. The Morgan fingerprint density at radius 3 is 2.87 bits per heavy atom. The van der Waals surface area contributed by atoms with E-state index in [4.69, 9.17) is 0 Å². The Hall–Kier alpha value is -1.30. The van der Waals surface area contributed by atoms with Crippen LogP contribution in [0.4, 0.5) is 0 Å². The fourth-order valence-electron chi connectivity index (χ4n) is 3.51. The fourth-order valence-corrected chi connectivity index (χ4v) is 3.51. The van der Waals surface area contributed by atoms with E-state index in [-0.39, 0.29) is 30.7 Å². The molecule has 0 radical (unpaired) electrons. The van der Waals surface area contributed by atoms with E-state index in [1.165, 1.54) is 12.8 Å². The molecule has 126 valence electrons. The Balaban J connectivity index is 0.000000960. The van der Waals surface area contributed by atoms with Gasteiger partial charge in [-0.1, -0.05) is 6.07 Å². The average molecular weight is 357 g/mol. The molecule has 1 N–H and O–H groups in total. The second-order valence-electron chi connectivity index (χ2n) is 6.14. The number of nitrogens with one attached hydrogen (secondary N) is 1. The number of pyridine rings is 1. The van der Waals surface area contributed by atoms with Crippen molar-refractivity contribution in [3.63, 3.8) is 0 Å². The van der Waals surface area contributed by atoms with E-state index < -0.39 is 0 Å². The van der Waals surface area contributed by atoms with Crippen LogP contribution < -0.4 is 5.32 Å². The van der Waals surface area contributed by atoms with Crippen molar-refractivity contribution >= 4 is 36.4 Å². The van der Waals surface area contributed by atoms with Gasteiger partial charge in [0.25, 0.3) is 0 Å². The first kappa shape index (κ1) is 18.0. The maximum absolute atomic E-state index is 12.5. The lowest BCUT2D eigenvalue weighted by molar-refractivity contribution is -0.130. The van der Waals surface area contributed by atoms with Crippen molar-refractivity contribution in [1.82, 2.24) is 19.6 Å². The van der Waals surface area contributed by atoms with Crippen LogP contribution in [0.5, 0.6) is 0 Å². The van der Waals surface area contributed by atoms with E-state index in [0.717, 1.165) is 30.9 Å². The minimum atomic E-state index is 0. The van der Waals surface area contributed by atoms with Gasteiger partial charge >= 0.3 is 0 Å². The number of nitrogens with zero attached hydrogens (tertiary/aromatic N) is 3. The predicted octanol–water partition coefficient (Wildman–Crippen LogP) is 2.07. The Labute approximate surface area is 148 Å². The van der Waals surface area contributed by atoms with Crippen LogP contribution in [0.3, 0.4) is 0 Å². The summed E-state index contributed by atoms with van der Waals surface area (Å²) in [6.45, 7) is 1.73. The maximum Gasteiger partial charge on any atom is 0.228 e. The quantitative estimate of drug-likeness (QED) is 0.895. The Morgan fingerprint density at radius 2 is 2.04 bits per heavy atom. The molecule has 4 rings (SSSR count). The van der Waals surface area contributed by atoms with Crippen molar-refractivity contribution in [1.29, 1.82) is 0 Å². The Bertz CT molecular complexity index is 642. The van der Waals surface area contributed by atoms with Crippen LogP contribution in [-0.2, 0) is 11.2 Å². The first-order valence-electron chi connectivity index (χ1n) is 7.74. The van der Waals surface area contributed by atoms with Gasteiger partial charge in [0.05, 0.1) is 12.1 Å². The molecule has 0 saturated carbocycles. The molecule has 7 heteroatoms. The molecule has 2 fully saturated rings. The SMILES string of the molecule is Cl.Cl.O=C(Cc1cn2ccccc2n1)N1CCC2CCC(C1)N2. The molecule has 2 aliphatic heterocycles. The van der Waals surface area contributed by atoms with Crippen molar-refractivity contribution in [2.24, 2.45) is 0 Å². The topological polar surface area (TPSA) is 49.6 Å². The third-order valence-corrected chi connectivity index (χ3v) is 4.62. The van der Waals surface area contributed by atoms with Crippen LogP contribution in [0.25, 0.3) is 5.65 Å². The molecule has 23 heavy (non-hydrogen) atoms. The summed E-state index contributed by atoms with van der Waals surface area (Å²) in [6.07, 6.45) is 7.86. The van der Waals surface area contributed by atoms with Gasteiger partial charge in [0, 0.05) is 37.6 Å². The third-order valence-electron chi connectivity index (χ3n) is 4.62. The van der Waals surface area contributed by atoms with E-state index >= 15 is 0 Å². The maximum atomic E-state index is 12.5. The first-order chi connectivity index (χ1) is 10.3. The summed E-state index contributed by atoms with van der Waals surface area (Å²) < 4.78 is 1.97. The highest BCUT2D eigenvalue weighted by Crippen LogP contribution is 2.20. The van der Waals surface area contributed by atoms with Crippen LogP contribution in [0.15, 0.2) is 30.6 Å². The molecule has 2 aromatic rings. The van der Waals surface area contributed by atoms with Crippen LogP contribution in [0.1, 0.15) is 25.0 Å². The smallest absolute Gasteiger partial charge is 0.228 e. The fraction of sp³-hybridized carbons (Fsp3) is 0.500. The molecule has 0 spiro atoms. The van der Waals surface area contributed by atoms with Gasteiger partial charge in [-0.3, -0.25) is 4.79 Å². The number of hydrogen-bond donors (Lipinski definition) is 1. The lowest BCUT2D eigenvalue weighted by atomic mass is 10.1. The number of imidazole rings is 1. The van der Waals surface area contributed by atoms with Crippen LogP contribution >= 0.6 is 24.8 Å². The number of carbonyl (C=O) groups is 1. The van der Waals surface area contributed by atoms with Crippen molar-refractivity contribution in [3.8, 4) is 0 Å². The van der Waals surface area contributed by atoms with Crippen molar-refractivity contribution in [2.45, 2.75) is 37.8 Å².